The summed E-state index contributed by atoms with van der Waals surface area (Å²) < 4.78 is 0. The van der Waals surface area contributed by atoms with Crippen LogP contribution in [-0.2, 0) is 10.2 Å². The summed E-state index contributed by atoms with van der Waals surface area (Å²) in [7, 11) is 0. The highest BCUT2D eigenvalue weighted by Gasteiger charge is 2.49. The minimum atomic E-state index is -0.733. The molecule has 0 spiro atoms. The SMILES string of the molecule is CC1CC(C(=O)O)(c2cccc(Cl)c2)C1. The number of rotatable bonds is 2. The molecule has 0 aromatic heterocycles. The second-order valence-electron chi connectivity index (χ2n) is 4.41. The second-order valence-corrected chi connectivity index (χ2v) is 4.85. The van der Waals surface area contributed by atoms with E-state index >= 15 is 0 Å². The van der Waals surface area contributed by atoms with Gasteiger partial charge in [0.15, 0.2) is 0 Å². The number of carboxylic acid groups (broad SMARTS) is 1. The van der Waals surface area contributed by atoms with Crippen molar-refractivity contribution in [1.82, 2.24) is 0 Å². The third kappa shape index (κ3) is 1.63. The van der Waals surface area contributed by atoms with E-state index in [2.05, 4.69) is 6.92 Å². The van der Waals surface area contributed by atoms with Crippen molar-refractivity contribution in [3.05, 3.63) is 34.9 Å². The Morgan fingerprint density at radius 1 is 1.53 bits per heavy atom. The van der Waals surface area contributed by atoms with Gasteiger partial charge in [0.05, 0.1) is 5.41 Å². The van der Waals surface area contributed by atoms with Crippen molar-refractivity contribution in [2.24, 2.45) is 5.92 Å². The Bertz CT molecular complexity index is 394. The van der Waals surface area contributed by atoms with Crippen LogP contribution < -0.4 is 0 Å². The summed E-state index contributed by atoms with van der Waals surface area (Å²) in [5.41, 5.74) is 0.144. The summed E-state index contributed by atoms with van der Waals surface area (Å²) in [5, 5.41) is 9.91. The van der Waals surface area contributed by atoms with E-state index in [0.29, 0.717) is 23.8 Å². The first kappa shape index (κ1) is 10.5. The van der Waals surface area contributed by atoms with Crippen LogP contribution in [0.25, 0.3) is 0 Å². The van der Waals surface area contributed by atoms with E-state index in [1.165, 1.54) is 0 Å². The molecule has 0 unspecified atom stereocenters. The molecule has 1 N–H and O–H groups in total. The van der Waals surface area contributed by atoms with Gasteiger partial charge in [-0.3, -0.25) is 4.79 Å². The summed E-state index contributed by atoms with van der Waals surface area (Å²) in [5.74, 6) is -0.247. The first-order valence-corrected chi connectivity index (χ1v) is 5.42. The quantitative estimate of drug-likeness (QED) is 0.838. The van der Waals surface area contributed by atoms with Crippen LogP contribution >= 0.6 is 11.6 Å². The maximum atomic E-state index is 11.3. The van der Waals surface area contributed by atoms with Crippen molar-refractivity contribution in [3.63, 3.8) is 0 Å². The Hall–Kier alpha value is -1.02. The minimum Gasteiger partial charge on any atom is -0.481 e. The fraction of sp³-hybridized carbons (Fsp3) is 0.417. The van der Waals surface area contributed by atoms with E-state index in [1.807, 2.05) is 12.1 Å². The summed E-state index contributed by atoms with van der Waals surface area (Å²) in [4.78, 5) is 11.3. The number of benzene rings is 1. The summed E-state index contributed by atoms with van der Waals surface area (Å²) in [6.45, 7) is 2.08. The summed E-state index contributed by atoms with van der Waals surface area (Å²) in [6.07, 6.45) is 1.42. The lowest BCUT2D eigenvalue weighted by molar-refractivity contribution is -0.149. The molecule has 15 heavy (non-hydrogen) atoms. The van der Waals surface area contributed by atoms with Crippen LogP contribution in [0.1, 0.15) is 25.3 Å². The fourth-order valence-corrected chi connectivity index (χ4v) is 2.64. The topological polar surface area (TPSA) is 37.3 Å². The van der Waals surface area contributed by atoms with Gasteiger partial charge >= 0.3 is 5.97 Å². The molecule has 2 rings (SSSR count). The Morgan fingerprint density at radius 3 is 2.67 bits per heavy atom. The number of aliphatic carboxylic acids is 1. The molecule has 1 aromatic carbocycles. The molecule has 0 amide bonds. The lowest BCUT2D eigenvalue weighted by Gasteiger charge is -2.43. The van der Waals surface area contributed by atoms with Gasteiger partial charge in [-0.1, -0.05) is 30.7 Å². The zero-order valence-corrected chi connectivity index (χ0v) is 9.29. The smallest absolute Gasteiger partial charge is 0.314 e. The Kier molecular flexibility index (Phi) is 2.47. The van der Waals surface area contributed by atoms with E-state index in [1.54, 1.807) is 12.1 Å². The molecular formula is C12H13ClO2. The van der Waals surface area contributed by atoms with Crippen LogP contribution in [0.2, 0.25) is 5.02 Å². The van der Waals surface area contributed by atoms with Crippen molar-refractivity contribution >= 4 is 17.6 Å². The van der Waals surface area contributed by atoms with Crippen molar-refractivity contribution in [2.45, 2.75) is 25.2 Å². The van der Waals surface area contributed by atoms with Crippen molar-refractivity contribution in [2.75, 3.05) is 0 Å². The molecule has 0 aliphatic heterocycles. The highest BCUT2D eigenvalue weighted by Crippen LogP contribution is 2.48. The largest absolute Gasteiger partial charge is 0.481 e. The maximum Gasteiger partial charge on any atom is 0.314 e. The molecule has 0 atom stereocenters. The summed E-state index contributed by atoms with van der Waals surface area (Å²) >= 11 is 5.88. The molecule has 2 nitrogen and oxygen atoms in total. The Morgan fingerprint density at radius 2 is 2.20 bits per heavy atom. The first-order valence-electron chi connectivity index (χ1n) is 5.04. The van der Waals surface area contributed by atoms with Crippen molar-refractivity contribution in [3.8, 4) is 0 Å². The normalized spacial score (nSPS) is 29.6. The van der Waals surface area contributed by atoms with Crippen molar-refractivity contribution in [1.29, 1.82) is 0 Å². The zero-order valence-electron chi connectivity index (χ0n) is 8.53. The minimum absolute atomic E-state index is 0.486. The Labute approximate surface area is 93.9 Å². The zero-order chi connectivity index (χ0) is 11.1. The van der Waals surface area contributed by atoms with Gasteiger partial charge in [0.25, 0.3) is 0 Å². The van der Waals surface area contributed by atoms with Gasteiger partial charge in [0.1, 0.15) is 0 Å². The van der Waals surface area contributed by atoms with Crippen molar-refractivity contribution < 1.29 is 9.90 Å². The van der Waals surface area contributed by atoms with Gasteiger partial charge in [0, 0.05) is 5.02 Å². The molecule has 80 valence electrons. The highest BCUT2D eigenvalue weighted by atomic mass is 35.5. The van der Waals surface area contributed by atoms with Crippen LogP contribution in [0.4, 0.5) is 0 Å². The van der Waals surface area contributed by atoms with Gasteiger partial charge in [-0.2, -0.15) is 0 Å². The molecule has 1 fully saturated rings. The van der Waals surface area contributed by atoms with Gasteiger partial charge in [-0.25, -0.2) is 0 Å². The molecule has 1 aliphatic carbocycles. The Balaban J connectivity index is 2.39. The lowest BCUT2D eigenvalue weighted by Crippen LogP contribution is -2.46. The molecule has 0 radical (unpaired) electrons. The number of carboxylic acids is 1. The average molecular weight is 225 g/mol. The van der Waals surface area contributed by atoms with Gasteiger partial charge < -0.3 is 5.11 Å². The standard InChI is InChI=1S/C12H13ClO2/c1-8-6-12(7-8,11(14)15)9-3-2-4-10(13)5-9/h2-5,8H,6-7H2,1H3,(H,14,15). The third-order valence-corrected chi connectivity index (χ3v) is 3.42. The number of hydrogen-bond donors (Lipinski definition) is 1. The predicted molar refractivity (Wildman–Crippen MR) is 59.2 cm³/mol. The van der Waals surface area contributed by atoms with Crippen LogP contribution in [0, 0.1) is 5.92 Å². The second kappa shape index (κ2) is 3.53. The maximum absolute atomic E-state index is 11.3. The number of carbonyl (C=O) groups is 1. The molecule has 1 aromatic rings. The molecule has 1 aliphatic rings. The number of halogens is 1. The predicted octanol–water partition coefficient (Wildman–Crippen LogP) is 3.09. The van der Waals surface area contributed by atoms with E-state index in [-0.39, 0.29) is 0 Å². The molecule has 1 saturated carbocycles. The van der Waals surface area contributed by atoms with Gasteiger partial charge in [-0.05, 0) is 36.5 Å². The van der Waals surface area contributed by atoms with E-state index < -0.39 is 11.4 Å². The van der Waals surface area contributed by atoms with E-state index in [0.717, 1.165) is 5.56 Å². The monoisotopic (exact) mass is 224 g/mol. The van der Waals surface area contributed by atoms with Crippen LogP contribution in [-0.4, -0.2) is 11.1 Å². The molecule has 0 heterocycles. The van der Waals surface area contributed by atoms with E-state index in [4.69, 9.17) is 11.6 Å². The van der Waals surface area contributed by atoms with Crippen LogP contribution in [0.15, 0.2) is 24.3 Å². The fourth-order valence-electron chi connectivity index (χ4n) is 2.45. The molecule has 3 heteroatoms. The summed E-state index contributed by atoms with van der Waals surface area (Å²) in [6, 6.07) is 7.20. The first-order chi connectivity index (χ1) is 7.04. The van der Waals surface area contributed by atoms with Gasteiger partial charge in [-0.15, -0.1) is 0 Å². The van der Waals surface area contributed by atoms with E-state index in [9.17, 15) is 9.90 Å². The molecule has 0 bridgehead atoms. The molecular weight excluding hydrogens is 212 g/mol. The van der Waals surface area contributed by atoms with Gasteiger partial charge in [0.2, 0.25) is 0 Å². The molecule has 0 saturated heterocycles. The number of hydrogen-bond acceptors (Lipinski definition) is 1. The highest BCUT2D eigenvalue weighted by molar-refractivity contribution is 6.30. The van der Waals surface area contributed by atoms with Crippen LogP contribution in [0.5, 0.6) is 0 Å². The average Bonchev–Trinajstić information content (AvgIpc) is 2.12. The lowest BCUT2D eigenvalue weighted by atomic mass is 9.59. The van der Waals surface area contributed by atoms with Crippen LogP contribution in [0.3, 0.4) is 0 Å². The third-order valence-electron chi connectivity index (χ3n) is 3.18.